The van der Waals surface area contributed by atoms with Crippen molar-refractivity contribution < 1.29 is 9.13 Å². The summed E-state index contributed by atoms with van der Waals surface area (Å²) < 4.78 is 20.1. The van der Waals surface area contributed by atoms with Crippen LogP contribution in [0.4, 0.5) is 10.1 Å². The quantitative estimate of drug-likeness (QED) is 0.931. The van der Waals surface area contributed by atoms with Gasteiger partial charge in [0.1, 0.15) is 0 Å². The third-order valence-electron chi connectivity index (χ3n) is 3.48. The first-order valence-electron chi connectivity index (χ1n) is 6.12. The standard InChI is InChI=1S/C13H18BrFN2O/c1-17(10-4-6-18-7-5-10)11-3-2-9(8-16)12(14)13(11)15/h2-3,10H,4-8,16H2,1H3. The molecule has 0 aliphatic carbocycles. The number of hydrogen-bond acceptors (Lipinski definition) is 3. The van der Waals surface area contributed by atoms with Crippen LogP contribution in [0.1, 0.15) is 18.4 Å². The summed E-state index contributed by atoms with van der Waals surface area (Å²) in [5.41, 5.74) is 6.97. The van der Waals surface area contributed by atoms with Crippen LogP contribution in [-0.2, 0) is 11.3 Å². The number of anilines is 1. The molecule has 1 aliphatic heterocycles. The molecule has 5 heteroatoms. The van der Waals surface area contributed by atoms with Crippen molar-refractivity contribution in [3.05, 3.63) is 28.0 Å². The van der Waals surface area contributed by atoms with E-state index in [1.54, 1.807) is 6.07 Å². The van der Waals surface area contributed by atoms with Crippen molar-refractivity contribution in [1.82, 2.24) is 0 Å². The van der Waals surface area contributed by atoms with Crippen molar-refractivity contribution >= 4 is 21.6 Å². The van der Waals surface area contributed by atoms with Crippen LogP contribution in [0.5, 0.6) is 0 Å². The maximum Gasteiger partial charge on any atom is 0.160 e. The molecule has 2 N–H and O–H groups in total. The molecule has 100 valence electrons. The molecule has 1 fully saturated rings. The van der Waals surface area contributed by atoms with Gasteiger partial charge in [-0.05, 0) is 40.4 Å². The van der Waals surface area contributed by atoms with Gasteiger partial charge in [0.2, 0.25) is 0 Å². The van der Waals surface area contributed by atoms with Crippen LogP contribution in [0.2, 0.25) is 0 Å². The zero-order chi connectivity index (χ0) is 13.1. The first-order chi connectivity index (χ1) is 8.65. The lowest BCUT2D eigenvalue weighted by Gasteiger charge is -2.33. The topological polar surface area (TPSA) is 38.5 Å². The van der Waals surface area contributed by atoms with Gasteiger partial charge in [-0.15, -0.1) is 0 Å². The Labute approximate surface area is 115 Å². The molecule has 1 aromatic rings. The van der Waals surface area contributed by atoms with E-state index in [9.17, 15) is 4.39 Å². The zero-order valence-electron chi connectivity index (χ0n) is 10.5. The Balaban J connectivity index is 2.24. The SMILES string of the molecule is CN(c1ccc(CN)c(Br)c1F)C1CCOCC1. The van der Waals surface area contributed by atoms with E-state index in [1.807, 2.05) is 18.0 Å². The summed E-state index contributed by atoms with van der Waals surface area (Å²) in [4.78, 5) is 2.00. The van der Waals surface area contributed by atoms with Gasteiger partial charge in [0.05, 0.1) is 10.2 Å². The highest BCUT2D eigenvalue weighted by Crippen LogP contribution is 2.31. The normalized spacial score (nSPS) is 16.9. The lowest BCUT2D eigenvalue weighted by Crippen LogP contribution is -2.37. The molecule has 1 aliphatic rings. The Hall–Kier alpha value is -0.650. The molecule has 2 rings (SSSR count). The van der Waals surface area contributed by atoms with Crippen LogP contribution in [0.3, 0.4) is 0 Å². The summed E-state index contributed by atoms with van der Waals surface area (Å²) in [6.07, 6.45) is 1.87. The van der Waals surface area contributed by atoms with Crippen LogP contribution in [-0.4, -0.2) is 26.3 Å². The van der Waals surface area contributed by atoms with Crippen molar-refractivity contribution in [3.8, 4) is 0 Å². The van der Waals surface area contributed by atoms with E-state index in [1.165, 1.54) is 0 Å². The molecule has 3 nitrogen and oxygen atoms in total. The molecule has 1 aromatic carbocycles. The fourth-order valence-electron chi connectivity index (χ4n) is 2.28. The minimum atomic E-state index is -0.230. The van der Waals surface area contributed by atoms with Crippen molar-refractivity contribution in [2.45, 2.75) is 25.4 Å². The smallest absolute Gasteiger partial charge is 0.160 e. The molecule has 0 atom stereocenters. The molecule has 0 saturated carbocycles. The van der Waals surface area contributed by atoms with E-state index in [0.29, 0.717) is 22.7 Å². The highest BCUT2D eigenvalue weighted by Gasteiger charge is 2.22. The lowest BCUT2D eigenvalue weighted by atomic mass is 10.1. The zero-order valence-corrected chi connectivity index (χ0v) is 12.0. The van der Waals surface area contributed by atoms with Gasteiger partial charge in [-0.2, -0.15) is 0 Å². The maximum absolute atomic E-state index is 14.3. The molecule has 1 saturated heterocycles. The summed E-state index contributed by atoms with van der Waals surface area (Å²) >= 11 is 3.28. The largest absolute Gasteiger partial charge is 0.381 e. The number of nitrogens with two attached hydrogens (primary N) is 1. The Bertz CT molecular complexity index is 422. The van der Waals surface area contributed by atoms with E-state index < -0.39 is 0 Å². The van der Waals surface area contributed by atoms with Gasteiger partial charge < -0.3 is 15.4 Å². The average Bonchev–Trinajstić information content (AvgIpc) is 2.42. The first-order valence-corrected chi connectivity index (χ1v) is 6.92. The molecule has 0 unspecified atom stereocenters. The second-order valence-corrected chi connectivity index (χ2v) is 5.32. The number of nitrogens with zero attached hydrogens (tertiary/aromatic N) is 1. The number of rotatable bonds is 3. The maximum atomic E-state index is 14.3. The van der Waals surface area contributed by atoms with Gasteiger partial charge in [-0.3, -0.25) is 0 Å². The third kappa shape index (κ3) is 2.68. The molecular weight excluding hydrogens is 299 g/mol. The van der Waals surface area contributed by atoms with Crippen LogP contribution < -0.4 is 10.6 Å². The summed E-state index contributed by atoms with van der Waals surface area (Å²) in [6, 6.07) is 4.01. The molecule has 18 heavy (non-hydrogen) atoms. The molecule has 0 spiro atoms. The minimum Gasteiger partial charge on any atom is -0.381 e. The van der Waals surface area contributed by atoms with Crippen LogP contribution in [0.15, 0.2) is 16.6 Å². The Morgan fingerprint density at radius 3 is 2.72 bits per heavy atom. The molecule has 0 radical (unpaired) electrons. The number of ether oxygens (including phenoxy) is 1. The Morgan fingerprint density at radius 1 is 1.44 bits per heavy atom. The number of hydrogen-bond donors (Lipinski definition) is 1. The van der Waals surface area contributed by atoms with Gasteiger partial charge in [0.25, 0.3) is 0 Å². The van der Waals surface area contributed by atoms with Crippen molar-refractivity contribution in [2.24, 2.45) is 5.73 Å². The fraction of sp³-hybridized carbons (Fsp3) is 0.538. The van der Waals surface area contributed by atoms with Gasteiger partial charge in [-0.1, -0.05) is 6.07 Å². The van der Waals surface area contributed by atoms with E-state index in [2.05, 4.69) is 15.9 Å². The Kier molecular flexibility index (Phi) is 4.59. The first kappa shape index (κ1) is 13.8. The second-order valence-electron chi connectivity index (χ2n) is 4.53. The van der Waals surface area contributed by atoms with Crippen LogP contribution >= 0.6 is 15.9 Å². The number of benzene rings is 1. The van der Waals surface area contributed by atoms with Crippen molar-refractivity contribution in [3.63, 3.8) is 0 Å². The average molecular weight is 317 g/mol. The fourth-order valence-corrected chi connectivity index (χ4v) is 2.78. The van der Waals surface area contributed by atoms with E-state index in [4.69, 9.17) is 10.5 Å². The summed E-state index contributed by atoms with van der Waals surface area (Å²) in [5.74, 6) is -0.230. The second kappa shape index (κ2) is 5.99. The highest BCUT2D eigenvalue weighted by atomic mass is 79.9. The predicted octanol–water partition coefficient (Wildman–Crippen LogP) is 2.66. The minimum absolute atomic E-state index is 0.230. The molecule has 0 amide bonds. The molecule has 0 aromatic heterocycles. The predicted molar refractivity (Wildman–Crippen MR) is 74.2 cm³/mol. The molecular formula is C13H18BrFN2O. The molecule has 0 bridgehead atoms. The highest BCUT2D eigenvalue weighted by molar-refractivity contribution is 9.10. The van der Waals surface area contributed by atoms with E-state index in [-0.39, 0.29) is 5.82 Å². The van der Waals surface area contributed by atoms with Gasteiger partial charge >= 0.3 is 0 Å². The summed E-state index contributed by atoms with van der Waals surface area (Å²) in [5, 5.41) is 0. The van der Waals surface area contributed by atoms with E-state index in [0.717, 1.165) is 31.6 Å². The Morgan fingerprint density at radius 2 is 2.11 bits per heavy atom. The van der Waals surface area contributed by atoms with Gasteiger partial charge in [0, 0.05) is 32.8 Å². The lowest BCUT2D eigenvalue weighted by molar-refractivity contribution is 0.0853. The monoisotopic (exact) mass is 316 g/mol. The van der Waals surface area contributed by atoms with Gasteiger partial charge in [0.15, 0.2) is 5.82 Å². The third-order valence-corrected chi connectivity index (χ3v) is 4.34. The van der Waals surface area contributed by atoms with E-state index >= 15 is 0 Å². The molecule has 1 heterocycles. The summed E-state index contributed by atoms with van der Waals surface area (Å²) in [7, 11) is 1.93. The van der Waals surface area contributed by atoms with Crippen molar-refractivity contribution in [2.75, 3.05) is 25.2 Å². The van der Waals surface area contributed by atoms with Crippen molar-refractivity contribution in [1.29, 1.82) is 0 Å². The van der Waals surface area contributed by atoms with Crippen LogP contribution in [0.25, 0.3) is 0 Å². The van der Waals surface area contributed by atoms with Gasteiger partial charge in [-0.25, -0.2) is 4.39 Å². The number of halogens is 2. The van der Waals surface area contributed by atoms with Crippen LogP contribution in [0, 0.1) is 5.82 Å². The summed E-state index contributed by atoms with van der Waals surface area (Å²) in [6.45, 7) is 1.83.